The lowest BCUT2D eigenvalue weighted by Crippen LogP contribution is -2.32. The van der Waals surface area contributed by atoms with E-state index < -0.39 is 0 Å². The highest BCUT2D eigenvalue weighted by Gasteiger charge is 2.21. The Labute approximate surface area is 148 Å². The highest BCUT2D eigenvalue weighted by molar-refractivity contribution is 6.30. The molecule has 130 valence electrons. The molecule has 0 unspecified atom stereocenters. The molecule has 0 radical (unpaired) electrons. The fraction of sp³-hybridized carbons (Fsp3) is 0.444. The maximum absolute atomic E-state index is 12.6. The Kier molecular flexibility index (Phi) is 6.40. The van der Waals surface area contributed by atoms with E-state index in [-0.39, 0.29) is 5.91 Å². The molecule has 0 atom stereocenters. The largest absolute Gasteiger partial charge is 0.351 e. The van der Waals surface area contributed by atoms with Gasteiger partial charge < -0.3 is 10.2 Å². The van der Waals surface area contributed by atoms with Crippen LogP contribution in [0.5, 0.6) is 0 Å². The van der Waals surface area contributed by atoms with Gasteiger partial charge >= 0.3 is 0 Å². The monoisotopic (exact) mass is 348 g/mol. The number of rotatable bonds is 7. The zero-order valence-corrected chi connectivity index (χ0v) is 15.5. The number of nitrogens with one attached hydrogen (secondary N) is 1. The van der Waals surface area contributed by atoms with Crippen molar-refractivity contribution in [1.29, 1.82) is 0 Å². The lowest BCUT2D eigenvalue weighted by Gasteiger charge is -2.11. The average Bonchev–Trinajstić information content (AvgIpc) is 2.84. The molecule has 0 saturated heterocycles. The number of aryl methyl sites for hydroxylation is 1. The first-order valence-electron chi connectivity index (χ1n) is 8.21. The molecule has 24 heavy (non-hydrogen) atoms. The summed E-state index contributed by atoms with van der Waals surface area (Å²) < 4.78 is 1.80. The third-order valence-corrected chi connectivity index (χ3v) is 4.04. The summed E-state index contributed by atoms with van der Waals surface area (Å²) in [5, 5.41) is 8.30. The molecule has 1 N–H and O–H groups in total. The minimum Gasteiger partial charge on any atom is -0.351 e. The summed E-state index contributed by atoms with van der Waals surface area (Å²) in [6.07, 6.45) is 1.70. The van der Waals surface area contributed by atoms with E-state index in [9.17, 15) is 4.79 Å². The predicted molar refractivity (Wildman–Crippen MR) is 98.2 cm³/mol. The van der Waals surface area contributed by atoms with Crippen molar-refractivity contribution < 1.29 is 4.79 Å². The van der Waals surface area contributed by atoms with Crippen LogP contribution in [0.15, 0.2) is 24.3 Å². The van der Waals surface area contributed by atoms with E-state index in [2.05, 4.69) is 17.3 Å². The fourth-order valence-corrected chi connectivity index (χ4v) is 2.79. The topological polar surface area (TPSA) is 50.2 Å². The molecule has 1 heterocycles. The van der Waals surface area contributed by atoms with Crippen molar-refractivity contribution in [3.05, 3.63) is 46.2 Å². The Bertz CT molecular complexity index is 709. The number of hydrogen-bond acceptors (Lipinski definition) is 3. The summed E-state index contributed by atoms with van der Waals surface area (Å²) in [4.78, 5) is 14.7. The second kappa shape index (κ2) is 8.31. The lowest BCUT2D eigenvalue weighted by atomic mass is 10.1. The number of carbonyl (C=O) groups is 1. The van der Waals surface area contributed by atoms with E-state index in [0.717, 1.165) is 36.5 Å². The van der Waals surface area contributed by atoms with E-state index >= 15 is 0 Å². The van der Waals surface area contributed by atoms with Gasteiger partial charge in [-0.2, -0.15) is 5.10 Å². The van der Waals surface area contributed by atoms with Crippen LogP contribution in [0, 0.1) is 6.92 Å². The van der Waals surface area contributed by atoms with Gasteiger partial charge in [0.2, 0.25) is 0 Å². The number of halogens is 1. The fourth-order valence-electron chi connectivity index (χ4n) is 2.61. The standard InChI is InChI=1S/C18H25ClN4O/c1-5-7-16-17(18(24)20-10-11-22(3)4)13(2)23(21-16)15-9-6-8-14(19)12-15/h6,8-9,12H,5,7,10-11H2,1-4H3,(H,20,24). The molecule has 2 aromatic rings. The highest BCUT2D eigenvalue weighted by atomic mass is 35.5. The molecule has 0 aliphatic heterocycles. The maximum atomic E-state index is 12.6. The maximum Gasteiger partial charge on any atom is 0.255 e. The third-order valence-electron chi connectivity index (χ3n) is 3.80. The first-order valence-corrected chi connectivity index (χ1v) is 8.59. The molecule has 0 aliphatic carbocycles. The zero-order chi connectivity index (χ0) is 17.7. The summed E-state index contributed by atoms with van der Waals surface area (Å²) in [6.45, 7) is 5.42. The quantitative estimate of drug-likeness (QED) is 0.836. The summed E-state index contributed by atoms with van der Waals surface area (Å²) in [7, 11) is 3.97. The van der Waals surface area contributed by atoms with Crippen molar-refractivity contribution in [2.45, 2.75) is 26.7 Å². The molecule has 2 rings (SSSR count). The van der Waals surface area contributed by atoms with Gasteiger partial charge in [0.05, 0.1) is 22.6 Å². The van der Waals surface area contributed by atoms with Crippen LogP contribution < -0.4 is 5.32 Å². The molecule has 0 bridgehead atoms. The number of likely N-dealkylation sites (N-methyl/N-ethyl adjacent to an activating group) is 1. The number of benzene rings is 1. The van der Waals surface area contributed by atoms with E-state index in [1.807, 2.05) is 50.2 Å². The number of nitrogens with zero attached hydrogens (tertiary/aromatic N) is 3. The van der Waals surface area contributed by atoms with Gasteiger partial charge in [0.1, 0.15) is 0 Å². The smallest absolute Gasteiger partial charge is 0.255 e. The van der Waals surface area contributed by atoms with Gasteiger partial charge in [0.25, 0.3) is 5.91 Å². The van der Waals surface area contributed by atoms with E-state index in [4.69, 9.17) is 11.6 Å². The van der Waals surface area contributed by atoms with E-state index in [0.29, 0.717) is 17.1 Å². The molecule has 0 spiro atoms. The molecule has 6 heteroatoms. The van der Waals surface area contributed by atoms with Crippen LogP contribution in [0.25, 0.3) is 5.69 Å². The molecule has 0 fully saturated rings. The van der Waals surface area contributed by atoms with Gasteiger partial charge in [-0.05, 0) is 45.6 Å². The molecule has 1 aromatic heterocycles. The van der Waals surface area contributed by atoms with Crippen molar-refractivity contribution in [1.82, 2.24) is 20.0 Å². The summed E-state index contributed by atoms with van der Waals surface area (Å²) >= 11 is 6.09. The molecule has 1 aromatic carbocycles. The number of amides is 1. The van der Waals surface area contributed by atoms with Gasteiger partial charge in [-0.25, -0.2) is 4.68 Å². The highest BCUT2D eigenvalue weighted by Crippen LogP contribution is 2.21. The SMILES string of the molecule is CCCc1nn(-c2cccc(Cl)c2)c(C)c1C(=O)NCCN(C)C. The molecule has 5 nitrogen and oxygen atoms in total. The van der Waals surface area contributed by atoms with Crippen LogP contribution in [-0.2, 0) is 6.42 Å². The molecule has 0 aliphatic rings. The van der Waals surface area contributed by atoms with Crippen molar-refractivity contribution in [2.75, 3.05) is 27.2 Å². The van der Waals surface area contributed by atoms with Gasteiger partial charge in [0, 0.05) is 18.1 Å². The van der Waals surface area contributed by atoms with Gasteiger partial charge in [0.15, 0.2) is 0 Å². The first-order chi connectivity index (χ1) is 11.4. The third kappa shape index (κ3) is 4.36. The van der Waals surface area contributed by atoms with Gasteiger partial charge in [-0.1, -0.05) is 31.0 Å². The first kappa shape index (κ1) is 18.5. The molecule has 1 amide bonds. The van der Waals surface area contributed by atoms with Crippen LogP contribution in [0.3, 0.4) is 0 Å². The Morgan fingerprint density at radius 2 is 2.12 bits per heavy atom. The Hall–Kier alpha value is -1.85. The van der Waals surface area contributed by atoms with Gasteiger partial charge in [-0.3, -0.25) is 4.79 Å². The lowest BCUT2D eigenvalue weighted by molar-refractivity contribution is 0.0949. The molecular formula is C18H25ClN4O. The van der Waals surface area contributed by atoms with Gasteiger partial charge in [-0.15, -0.1) is 0 Å². The van der Waals surface area contributed by atoms with Crippen molar-refractivity contribution in [2.24, 2.45) is 0 Å². The predicted octanol–water partition coefficient (Wildman–Crippen LogP) is 3.08. The van der Waals surface area contributed by atoms with E-state index in [1.54, 1.807) is 4.68 Å². The summed E-state index contributed by atoms with van der Waals surface area (Å²) in [5.41, 5.74) is 3.21. The average molecular weight is 349 g/mol. The number of aromatic nitrogens is 2. The molecule has 0 saturated carbocycles. The number of carbonyl (C=O) groups excluding carboxylic acids is 1. The number of hydrogen-bond donors (Lipinski definition) is 1. The molecular weight excluding hydrogens is 324 g/mol. The summed E-state index contributed by atoms with van der Waals surface area (Å²) in [5.74, 6) is -0.0638. The normalized spacial score (nSPS) is 11.1. The van der Waals surface area contributed by atoms with Crippen LogP contribution in [0.2, 0.25) is 5.02 Å². The Balaban J connectivity index is 2.34. The van der Waals surface area contributed by atoms with Crippen LogP contribution >= 0.6 is 11.6 Å². The van der Waals surface area contributed by atoms with Crippen molar-refractivity contribution in [3.8, 4) is 5.69 Å². The minimum atomic E-state index is -0.0638. The van der Waals surface area contributed by atoms with Crippen LogP contribution in [0.4, 0.5) is 0 Å². The Morgan fingerprint density at radius 1 is 1.38 bits per heavy atom. The second-order valence-corrected chi connectivity index (χ2v) is 6.54. The minimum absolute atomic E-state index is 0.0638. The van der Waals surface area contributed by atoms with Crippen molar-refractivity contribution >= 4 is 17.5 Å². The zero-order valence-electron chi connectivity index (χ0n) is 14.8. The van der Waals surface area contributed by atoms with Crippen molar-refractivity contribution in [3.63, 3.8) is 0 Å². The van der Waals surface area contributed by atoms with E-state index in [1.165, 1.54) is 0 Å². The summed E-state index contributed by atoms with van der Waals surface area (Å²) in [6, 6.07) is 7.50. The Morgan fingerprint density at radius 3 is 2.75 bits per heavy atom. The van der Waals surface area contributed by atoms with Crippen LogP contribution in [-0.4, -0.2) is 47.8 Å². The second-order valence-electron chi connectivity index (χ2n) is 6.11. The van der Waals surface area contributed by atoms with Crippen LogP contribution in [0.1, 0.15) is 35.1 Å².